The smallest absolute Gasteiger partial charge is 0.369 e. The fourth-order valence-electron chi connectivity index (χ4n) is 3.56. The largest absolute Gasteiger partial charge is 0.416 e. The third-order valence-corrected chi connectivity index (χ3v) is 4.99. The van der Waals surface area contributed by atoms with Crippen LogP contribution < -0.4 is 5.32 Å². The zero-order chi connectivity index (χ0) is 21.0. The van der Waals surface area contributed by atoms with E-state index in [1.54, 1.807) is 6.07 Å². The molecule has 3 aromatic rings. The Morgan fingerprint density at radius 2 is 1.47 bits per heavy atom. The standard InChI is InChI=1S/C24H21F3N2O/c25-24(26,27)20-13-7-8-17(14-20)15-30-16-21-28-22(18-9-3-1-4-10-18)23(29-21)19-11-5-2-6-12-19/h1-14,22-23H,15-16H2,(H,28,29)/t22-,23?/m0/s1. The molecule has 0 fully saturated rings. The Labute approximate surface area is 173 Å². The Hall–Kier alpha value is -3.12. The summed E-state index contributed by atoms with van der Waals surface area (Å²) < 4.78 is 44.3. The van der Waals surface area contributed by atoms with Gasteiger partial charge in [0.2, 0.25) is 0 Å². The molecule has 0 amide bonds. The van der Waals surface area contributed by atoms with Crippen molar-refractivity contribution in [2.75, 3.05) is 6.61 Å². The Morgan fingerprint density at radius 3 is 2.13 bits per heavy atom. The molecule has 1 unspecified atom stereocenters. The third-order valence-electron chi connectivity index (χ3n) is 4.99. The molecular weight excluding hydrogens is 389 g/mol. The molecule has 0 bridgehead atoms. The zero-order valence-electron chi connectivity index (χ0n) is 16.1. The van der Waals surface area contributed by atoms with Crippen LogP contribution in [0.3, 0.4) is 0 Å². The SMILES string of the molecule is FC(F)(F)c1cccc(COCC2=N[C@@H](c3ccccc3)C(c3ccccc3)N2)c1. The van der Waals surface area contributed by atoms with Crippen LogP contribution in [0.2, 0.25) is 0 Å². The van der Waals surface area contributed by atoms with Gasteiger partial charge in [0.05, 0.1) is 18.2 Å². The average molecular weight is 410 g/mol. The van der Waals surface area contributed by atoms with Crippen molar-refractivity contribution >= 4 is 5.84 Å². The van der Waals surface area contributed by atoms with Crippen LogP contribution in [0.25, 0.3) is 0 Å². The van der Waals surface area contributed by atoms with Crippen LogP contribution in [0.4, 0.5) is 13.2 Å². The van der Waals surface area contributed by atoms with Gasteiger partial charge in [-0.15, -0.1) is 0 Å². The molecule has 0 aromatic heterocycles. The predicted octanol–water partition coefficient (Wildman–Crippen LogP) is 5.71. The van der Waals surface area contributed by atoms with E-state index in [-0.39, 0.29) is 25.3 Å². The third kappa shape index (κ3) is 4.71. The highest BCUT2D eigenvalue weighted by molar-refractivity contribution is 5.86. The Balaban J connectivity index is 1.45. The molecule has 1 N–H and O–H groups in total. The fourth-order valence-corrected chi connectivity index (χ4v) is 3.56. The number of aliphatic imine (C=N–C) groups is 1. The first-order chi connectivity index (χ1) is 14.5. The summed E-state index contributed by atoms with van der Waals surface area (Å²) in [6.45, 7) is 0.277. The summed E-state index contributed by atoms with van der Waals surface area (Å²) in [6, 6.07) is 25.1. The van der Waals surface area contributed by atoms with Gasteiger partial charge in [0.25, 0.3) is 0 Å². The first-order valence-electron chi connectivity index (χ1n) is 9.68. The normalized spacial score (nSPS) is 18.7. The quantitative estimate of drug-likeness (QED) is 0.565. The van der Waals surface area contributed by atoms with Gasteiger partial charge in [-0.2, -0.15) is 13.2 Å². The number of hydrogen-bond donors (Lipinski definition) is 1. The highest BCUT2D eigenvalue weighted by Crippen LogP contribution is 2.36. The van der Waals surface area contributed by atoms with Crippen molar-refractivity contribution in [1.82, 2.24) is 5.32 Å². The van der Waals surface area contributed by atoms with E-state index < -0.39 is 11.7 Å². The number of alkyl halides is 3. The second kappa shape index (κ2) is 8.71. The molecule has 4 rings (SSSR count). The highest BCUT2D eigenvalue weighted by atomic mass is 19.4. The van der Waals surface area contributed by atoms with Crippen molar-refractivity contribution in [3.05, 3.63) is 107 Å². The maximum atomic E-state index is 12.9. The van der Waals surface area contributed by atoms with E-state index in [4.69, 9.17) is 9.73 Å². The van der Waals surface area contributed by atoms with Crippen molar-refractivity contribution in [2.45, 2.75) is 24.9 Å². The molecule has 0 aliphatic carbocycles. The molecule has 0 saturated heterocycles. The number of ether oxygens (including phenoxy) is 1. The summed E-state index contributed by atoms with van der Waals surface area (Å²) in [5, 5.41) is 3.42. The maximum Gasteiger partial charge on any atom is 0.416 e. The molecule has 3 nitrogen and oxygen atoms in total. The van der Waals surface area contributed by atoms with Crippen molar-refractivity contribution < 1.29 is 17.9 Å². The molecule has 0 saturated carbocycles. The number of benzene rings is 3. The molecule has 1 heterocycles. The number of hydrogen-bond acceptors (Lipinski definition) is 3. The summed E-state index contributed by atoms with van der Waals surface area (Å²) in [5.41, 5.74) is 2.01. The van der Waals surface area contributed by atoms with E-state index in [1.807, 2.05) is 48.5 Å². The lowest BCUT2D eigenvalue weighted by Crippen LogP contribution is -2.27. The van der Waals surface area contributed by atoms with E-state index in [1.165, 1.54) is 6.07 Å². The maximum absolute atomic E-state index is 12.9. The van der Waals surface area contributed by atoms with Crippen LogP contribution in [0.5, 0.6) is 0 Å². The molecule has 2 atom stereocenters. The number of amidine groups is 1. The van der Waals surface area contributed by atoms with E-state index in [0.29, 0.717) is 11.4 Å². The predicted molar refractivity (Wildman–Crippen MR) is 110 cm³/mol. The summed E-state index contributed by atoms with van der Waals surface area (Å²) in [7, 11) is 0. The molecule has 154 valence electrons. The van der Waals surface area contributed by atoms with E-state index in [2.05, 4.69) is 17.4 Å². The molecular formula is C24H21F3N2O. The minimum absolute atomic E-state index is 0.0271. The topological polar surface area (TPSA) is 33.6 Å². The minimum atomic E-state index is -4.36. The lowest BCUT2D eigenvalue weighted by molar-refractivity contribution is -0.137. The molecule has 6 heteroatoms. The van der Waals surface area contributed by atoms with Crippen LogP contribution >= 0.6 is 0 Å². The number of halogens is 3. The second-order valence-electron chi connectivity index (χ2n) is 7.15. The van der Waals surface area contributed by atoms with Gasteiger partial charge in [0.1, 0.15) is 18.5 Å². The van der Waals surface area contributed by atoms with Crippen molar-refractivity contribution in [1.29, 1.82) is 0 Å². The monoisotopic (exact) mass is 410 g/mol. The number of nitrogens with zero attached hydrogens (tertiary/aromatic N) is 1. The molecule has 3 aromatic carbocycles. The number of rotatable bonds is 6. The zero-order valence-corrected chi connectivity index (χ0v) is 16.1. The van der Waals surface area contributed by atoms with Crippen LogP contribution in [-0.4, -0.2) is 12.4 Å². The van der Waals surface area contributed by atoms with E-state index in [0.717, 1.165) is 23.3 Å². The first kappa shape index (κ1) is 20.2. The van der Waals surface area contributed by atoms with Crippen LogP contribution in [0.1, 0.15) is 34.3 Å². The average Bonchev–Trinajstić information content (AvgIpc) is 3.19. The van der Waals surface area contributed by atoms with Gasteiger partial charge >= 0.3 is 6.18 Å². The van der Waals surface area contributed by atoms with Crippen molar-refractivity contribution in [3.8, 4) is 0 Å². The van der Waals surface area contributed by atoms with Gasteiger partial charge < -0.3 is 10.1 Å². The second-order valence-corrected chi connectivity index (χ2v) is 7.15. The van der Waals surface area contributed by atoms with Gasteiger partial charge in [0, 0.05) is 0 Å². The molecule has 0 radical (unpaired) electrons. The lowest BCUT2D eigenvalue weighted by atomic mass is 9.95. The summed E-state index contributed by atoms with van der Waals surface area (Å²) >= 11 is 0. The van der Waals surface area contributed by atoms with Crippen LogP contribution in [0.15, 0.2) is 89.9 Å². The van der Waals surface area contributed by atoms with Crippen molar-refractivity contribution in [3.63, 3.8) is 0 Å². The highest BCUT2D eigenvalue weighted by Gasteiger charge is 2.31. The molecule has 0 spiro atoms. The number of nitrogens with one attached hydrogen (secondary N) is 1. The molecule has 30 heavy (non-hydrogen) atoms. The van der Waals surface area contributed by atoms with E-state index >= 15 is 0 Å². The Bertz CT molecular complexity index is 1000. The summed E-state index contributed by atoms with van der Waals surface area (Å²) in [5.74, 6) is 0.685. The van der Waals surface area contributed by atoms with Crippen LogP contribution in [-0.2, 0) is 17.5 Å². The van der Waals surface area contributed by atoms with Gasteiger partial charge in [-0.25, -0.2) is 0 Å². The molecule has 1 aliphatic heterocycles. The Kier molecular flexibility index (Phi) is 5.86. The van der Waals surface area contributed by atoms with Gasteiger partial charge in [-0.05, 0) is 28.8 Å². The molecule has 1 aliphatic rings. The summed E-state index contributed by atoms with van der Waals surface area (Å²) in [4.78, 5) is 4.80. The van der Waals surface area contributed by atoms with Gasteiger partial charge in [0.15, 0.2) is 0 Å². The van der Waals surface area contributed by atoms with Gasteiger partial charge in [-0.3, -0.25) is 4.99 Å². The van der Waals surface area contributed by atoms with Crippen LogP contribution in [0, 0.1) is 0 Å². The van der Waals surface area contributed by atoms with Gasteiger partial charge in [-0.1, -0.05) is 72.8 Å². The Morgan fingerprint density at radius 1 is 0.800 bits per heavy atom. The summed E-state index contributed by atoms with van der Waals surface area (Å²) in [6.07, 6.45) is -4.36. The van der Waals surface area contributed by atoms with Crippen molar-refractivity contribution in [2.24, 2.45) is 4.99 Å². The minimum Gasteiger partial charge on any atom is -0.369 e. The fraction of sp³-hybridized carbons (Fsp3) is 0.208. The lowest BCUT2D eigenvalue weighted by Gasteiger charge is -2.19. The first-order valence-corrected chi connectivity index (χ1v) is 9.68. The van der Waals surface area contributed by atoms with E-state index in [9.17, 15) is 13.2 Å².